The van der Waals surface area contributed by atoms with Gasteiger partial charge in [0.15, 0.2) is 0 Å². The largest absolute Gasteiger partial charge is 0.329 e. The first-order chi connectivity index (χ1) is 11.8. The molecule has 0 aromatic heterocycles. The van der Waals surface area contributed by atoms with Crippen molar-refractivity contribution >= 4 is 6.08 Å². The van der Waals surface area contributed by atoms with Gasteiger partial charge in [0.25, 0.3) is 0 Å². The van der Waals surface area contributed by atoms with Crippen molar-refractivity contribution in [2.75, 3.05) is 6.54 Å². The summed E-state index contributed by atoms with van der Waals surface area (Å²) in [5.41, 5.74) is 9.85. The molecule has 0 saturated heterocycles. The zero-order chi connectivity index (χ0) is 16.7. The van der Waals surface area contributed by atoms with Gasteiger partial charge in [0.05, 0.1) is 0 Å². The highest BCUT2D eigenvalue weighted by Crippen LogP contribution is 2.35. The lowest BCUT2D eigenvalue weighted by molar-refractivity contribution is 0.534. The number of rotatable bonds is 6. The van der Waals surface area contributed by atoms with E-state index < -0.39 is 0 Å². The van der Waals surface area contributed by atoms with Gasteiger partial charge in [-0.1, -0.05) is 103 Å². The minimum Gasteiger partial charge on any atom is -0.329 e. The maximum absolute atomic E-state index is 6.32. The van der Waals surface area contributed by atoms with Crippen LogP contribution in [-0.4, -0.2) is 6.54 Å². The fraction of sp³-hybridized carbons (Fsp3) is 0.130. The Morgan fingerprint density at radius 3 is 1.58 bits per heavy atom. The number of benzene rings is 3. The summed E-state index contributed by atoms with van der Waals surface area (Å²) in [6.45, 7) is 0.570. The van der Waals surface area contributed by atoms with Gasteiger partial charge in [-0.15, -0.1) is 0 Å². The van der Waals surface area contributed by atoms with Crippen LogP contribution in [0.2, 0.25) is 0 Å². The predicted molar refractivity (Wildman–Crippen MR) is 103 cm³/mol. The van der Waals surface area contributed by atoms with E-state index in [9.17, 15) is 0 Å². The van der Waals surface area contributed by atoms with E-state index in [2.05, 4.69) is 97.1 Å². The van der Waals surface area contributed by atoms with Crippen LogP contribution in [0.4, 0.5) is 0 Å². The Hall–Kier alpha value is -2.64. The number of allylic oxidation sites excluding steroid dienone is 1. The third-order valence-corrected chi connectivity index (χ3v) is 4.58. The minimum absolute atomic E-state index is 0.201. The van der Waals surface area contributed by atoms with Crippen LogP contribution in [-0.2, 0) is 5.41 Å². The fourth-order valence-corrected chi connectivity index (χ4v) is 3.20. The molecule has 3 aromatic rings. The van der Waals surface area contributed by atoms with Crippen molar-refractivity contribution in [3.63, 3.8) is 0 Å². The molecule has 24 heavy (non-hydrogen) atoms. The van der Waals surface area contributed by atoms with Gasteiger partial charge >= 0.3 is 0 Å². The maximum atomic E-state index is 6.32. The molecule has 0 amide bonds. The molecule has 2 N–H and O–H groups in total. The van der Waals surface area contributed by atoms with E-state index in [0.717, 1.165) is 6.42 Å². The Kier molecular flexibility index (Phi) is 5.25. The second kappa shape index (κ2) is 7.76. The Balaban J connectivity index is 1.97. The molecule has 0 radical (unpaired) electrons. The first kappa shape index (κ1) is 16.2. The number of hydrogen-bond donors (Lipinski definition) is 1. The van der Waals surface area contributed by atoms with Crippen LogP contribution in [0.15, 0.2) is 97.1 Å². The molecule has 0 spiro atoms. The van der Waals surface area contributed by atoms with Crippen molar-refractivity contribution in [1.29, 1.82) is 0 Å². The second-order valence-electron chi connectivity index (χ2n) is 6.04. The molecule has 0 aliphatic rings. The summed E-state index contributed by atoms with van der Waals surface area (Å²) in [6.07, 6.45) is 5.28. The molecule has 0 saturated carbocycles. The van der Waals surface area contributed by atoms with Crippen LogP contribution >= 0.6 is 0 Å². The van der Waals surface area contributed by atoms with E-state index in [-0.39, 0.29) is 5.41 Å². The van der Waals surface area contributed by atoms with Gasteiger partial charge in [-0.3, -0.25) is 0 Å². The van der Waals surface area contributed by atoms with Gasteiger partial charge in [-0.25, -0.2) is 0 Å². The molecule has 0 heterocycles. The third kappa shape index (κ3) is 3.47. The van der Waals surface area contributed by atoms with E-state index in [1.807, 2.05) is 6.07 Å². The van der Waals surface area contributed by atoms with Crippen molar-refractivity contribution in [2.45, 2.75) is 11.8 Å². The first-order valence-electron chi connectivity index (χ1n) is 8.38. The Labute approximate surface area is 144 Å². The van der Waals surface area contributed by atoms with E-state index >= 15 is 0 Å². The molecule has 0 aliphatic carbocycles. The fourth-order valence-electron chi connectivity index (χ4n) is 3.20. The zero-order valence-electron chi connectivity index (χ0n) is 13.8. The standard InChI is InChI=1S/C23H23N/c24-19-23(21-14-6-2-7-15-21,22-16-8-3-9-17-22)18-10-13-20-11-4-1-5-12-20/h1-17H,18-19,24H2/b13-10+. The Morgan fingerprint density at radius 1 is 0.667 bits per heavy atom. The normalized spacial score (nSPS) is 11.7. The summed E-state index contributed by atoms with van der Waals surface area (Å²) in [5.74, 6) is 0. The first-order valence-corrected chi connectivity index (χ1v) is 8.38. The smallest absolute Gasteiger partial charge is 0.0359 e. The van der Waals surface area contributed by atoms with Crippen molar-refractivity contribution < 1.29 is 0 Å². The van der Waals surface area contributed by atoms with Gasteiger partial charge in [0, 0.05) is 12.0 Å². The van der Waals surface area contributed by atoms with Gasteiger partial charge in [0.2, 0.25) is 0 Å². The van der Waals surface area contributed by atoms with E-state index in [1.165, 1.54) is 16.7 Å². The van der Waals surface area contributed by atoms with Gasteiger partial charge in [-0.05, 0) is 23.1 Å². The van der Waals surface area contributed by atoms with Crippen molar-refractivity contribution in [2.24, 2.45) is 5.73 Å². The van der Waals surface area contributed by atoms with Crippen LogP contribution in [0.25, 0.3) is 6.08 Å². The van der Waals surface area contributed by atoms with Gasteiger partial charge in [-0.2, -0.15) is 0 Å². The lowest BCUT2D eigenvalue weighted by atomic mass is 9.72. The molecule has 3 rings (SSSR count). The maximum Gasteiger partial charge on any atom is 0.0359 e. The highest BCUT2D eigenvalue weighted by molar-refractivity contribution is 5.50. The highest BCUT2D eigenvalue weighted by atomic mass is 14.6. The molecule has 3 aromatic carbocycles. The summed E-state index contributed by atoms with van der Waals surface area (Å²) in [6, 6.07) is 31.5. The molecule has 0 fully saturated rings. The second-order valence-corrected chi connectivity index (χ2v) is 6.04. The molecule has 0 unspecified atom stereocenters. The lowest BCUT2D eigenvalue weighted by Gasteiger charge is -2.33. The van der Waals surface area contributed by atoms with Crippen LogP contribution in [0.3, 0.4) is 0 Å². The molecular weight excluding hydrogens is 290 g/mol. The van der Waals surface area contributed by atoms with Crippen LogP contribution in [0.1, 0.15) is 23.1 Å². The van der Waals surface area contributed by atoms with Crippen LogP contribution in [0.5, 0.6) is 0 Å². The SMILES string of the molecule is NCC(C/C=C/c1ccccc1)(c1ccccc1)c1ccccc1. The molecule has 1 heteroatoms. The third-order valence-electron chi connectivity index (χ3n) is 4.58. The summed E-state index contributed by atoms with van der Waals surface area (Å²) < 4.78 is 0. The molecule has 120 valence electrons. The molecule has 0 aliphatic heterocycles. The van der Waals surface area contributed by atoms with Crippen molar-refractivity contribution in [3.05, 3.63) is 114 Å². The lowest BCUT2D eigenvalue weighted by Crippen LogP contribution is -2.36. The van der Waals surface area contributed by atoms with Crippen LogP contribution in [0, 0.1) is 0 Å². The monoisotopic (exact) mass is 313 g/mol. The van der Waals surface area contributed by atoms with Gasteiger partial charge < -0.3 is 5.73 Å². The number of hydrogen-bond acceptors (Lipinski definition) is 1. The summed E-state index contributed by atoms with van der Waals surface area (Å²) in [5, 5.41) is 0. The summed E-state index contributed by atoms with van der Waals surface area (Å²) >= 11 is 0. The zero-order valence-corrected chi connectivity index (χ0v) is 13.8. The average Bonchev–Trinajstić information content (AvgIpc) is 2.68. The summed E-state index contributed by atoms with van der Waals surface area (Å²) in [7, 11) is 0. The quantitative estimate of drug-likeness (QED) is 0.678. The van der Waals surface area contributed by atoms with Crippen molar-refractivity contribution in [1.82, 2.24) is 0 Å². The van der Waals surface area contributed by atoms with Crippen molar-refractivity contribution in [3.8, 4) is 0 Å². The summed E-state index contributed by atoms with van der Waals surface area (Å²) in [4.78, 5) is 0. The minimum atomic E-state index is -0.201. The average molecular weight is 313 g/mol. The molecule has 0 bridgehead atoms. The van der Waals surface area contributed by atoms with Gasteiger partial charge in [0.1, 0.15) is 0 Å². The van der Waals surface area contributed by atoms with E-state index in [1.54, 1.807) is 0 Å². The predicted octanol–water partition coefficient (Wildman–Crippen LogP) is 5.03. The highest BCUT2D eigenvalue weighted by Gasteiger charge is 2.31. The Morgan fingerprint density at radius 2 is 1.12 bits per heavy atom. The molecule has 0 atom stereocenters. The van der Waals surface area contributed by atoms with E-state index in [4.69, 9.17) is 5.73 Å². The van der Waals surface area contributed by atoms with Crippen LogP contribution < -0.4 is 5.73 Å². The molecular formula is C23H23N. The number of nitrogens with two attached hydrogens (primary N) is 1. The topological polar surface area (TPSA) is 26.0 Å². The van der Waals surface area contributed by atoms with E-state index in [0.29, 0.717) is 6.54 Å². The Bertz CT molecular complexity index is 721. The molecule has 1 nitrogen and oxygen atoms in total.